The van der Waals surface area contributed by atoms with Crippen molar-refractivity contribution in [1.82, 2.24) is 0 Å². The maximum atomic E-state index is 2.56. The molecule has 1 unspecified atom stereocenters. The van der Waals surface area contributed by atoms with Crippen molar-refractivity contribution in [3.05, 3.63) is 6.42 Å². The fraction of sp³-hybridized carbons (Fsp3) is 0.923. The van der Waals surface area contributed by atoms with Crippen molar-refractivity contribution in [1.29, 1.82) is 0 Å². The molecular weight excluding hydrogens is 156 g/mol. The van der Waals surface area contributed by atoms with E-state index in [0.29, 0.717) is 0 Å². The van der Waals surface area contributed by atoms with E-state index in [0.717, 1.165) is 17.8 Å². The first kappa shape index (κ1) is 13.0. The SMILES string of the molecule is CCC([CH]C(C)CCC(C)C)CC. The quantitative estimate of drug-likeness (QED) is 0.536. The zero-order valence-corrected chi connectivity index (χ0v) is 10.1. The first-order chi connectivity index (χ1) is 6.10. The highest BCUT2D eigenvalue weighted by Gasteiger charge is 2.10. The molecule has 0 rings (SSSR count). The van der Waals surface area contributed by atoms with Crippen LogP contribution in [-0.2, 0) is 0 Å². The molecule has 0 saturated heterocycles. The molecule has 79 valence electrons. The number of hydrogen-bond donors (Lipinski definition) is 0. The lowest BCUT2D eigenvalue weighted by molar-refractivity contribution is 0.429. The maximum Gasteiger partial charge on any atom is -0.0327 e. The molecule has 0 heteroatoms. The molecular formula is C13H27. The summed E-state index contributed by atoms with van der Waals surface area (Å²) in [6.07, 6.45) is 7.92. The second-order valence-corrected chi connectivity index (χ2v) is 4.72. The Kier molecular flexibility index (Phi) is 7.41. The fourth-order valence-corrected chi connectivity index (χ4v) is 1.72. The van der Waals surface area contributed by atoms with E-state index >= 15 is 0 Å². The lowest BCUT2D eigenvalue weighted by atomic mass is 9.88. The summed E-state index contributed by atoms with van der Waals surface area (Å²) in [5.74, 6) is 2.52. The summed E-state index contributed by atoms with van der Waals surface area (Å²) in [6, 6.07) is 0. The zero-order valence-electron chi connectivity index (χ0n) is 10.1. The van der Waals surface area contributed by atoms with Gasteiger partial charge in [-0.1, -0.05) is 60.3 Å². The van der Waals surface area contributed by atoms with Crippen molar-refractivity contribution >= 4 is 0 Å². The summed E-state index contributed by atoms with van der Waals surface area (Å²) in [7, 11) is 0. The van der Waals surface area contributed by atoms with Crippen molar-refractivity contribution in [3.8, 4) is 0 Å². The molecule has 0 aliphatic carbocycles. The van der Waals surface area contributed by atoms with Crippen molar-refractivity contribution in [2.45, 2.75) is 60.3 Å². The minimum atomic E-state index is 0.812. The van der Waals surface area contributed by atoms with Crippen LogP contribution in [0.5, 0.6) is 0 Å². The average Bonchev–Trinajstić information content (AvgIpc) is 2.10. The largest absolute Gasteiger partial charge is 0.0651 e. The van der Waals surface area contributed by atoms with Gasteiger partial charge in [-0.15, -0.1) is 0 Å². The second-order valence-electron chi connectivity index (χ2n) is 4.72. The van der Waals surface area contributed by atoms with Crippen LogP contribution in [0.3, 0.4) is 0 Å². The van der Waals surface area contributed by atoms with E-state index in [1.165, 1.54) is 25.7 Å². The van der Waals surface area contributed by atoms with Crippen LogP contribution < -0.4 is 0 Å². The normalized spacial score (nSPS) is 14.1. The molecule has 0 aromatic carbocycles. The molecule has 0 fully saturated rings. The van der Waals surface area contributed by atoms with E-state index in [1.807, 2.05) is 0 Å². The number of rotatable bonds is 7. The first-order valence-electron chi connectivity index (χ1n) is 5.95. The highest BCUT2D eigenvalue weighted by molar-refractivity contribution is 4.79. The standard InChI is InChI=1S/C13H27/c1-6-13(7-2)10-12(5)9-8-11(3)4/h10-13H,6-9H2,1-5H3. The highest BCUT2D eigenvalue weighted by Crippen LogP contribution is 2.22. The Morgan fingerprint density at radius 1 is 0.923 bits per heavy atom. The molecule has 0 aliphatic rings. The molecule has 0 heterocycles. The van der Waals surface area contributed by atoms with Gasteiger partial charge in [-0.2, -0.15) is 0 Å². The van der Waals surface area contributed by atoms with Crippen LogP contribution in [0.4, 0.5) is 0 Å². The van der Waals surface area contributed by atoms with Gasteiger partial charge in [-0.3, -0.25) is 0 Å². The van der Waals surface area contributed by atoms with Gasteiger partial charge in [0, 0.05) is 0 Å². The summed E-state index contributed by atoms with van der Waals surface area (Å²) in [6.45, 7) is 11.6. The van der Waals surface area contributed by atoms with Gasteiger partial charge in [0.1, 0.15) is 0 Å². The van der Waals surface area contributed by atoms with E-state index < -0.39 is 0 Å². The van der Waals surface area contributed by atoms with Gasteiger partial charge in [-0.25, -0.2) is 0 Å². The summed E-state index contributed by atoms with van der Waals surface area (Å²) in [5, 5.41) is 0. The van der Waals surface area contributed by atoms with Crippen LogP contribution >= 0.6 is 0 Å². The van der Waals surface area contributed by atoms with Crippen molar-refractivity contribution in [3.63, 3.8) is 0 Å². The molecule has 0 spiro atoms. The summed E-state index contributed by atoms with van der Waals surface area (Å²) in [4.78, 5) is 0. The van der Waals surface area contributed by atoms with E-state index in [4.69, 9.17) is 0 Å². The summed E-state index contributed by atoms with van der Waals surface area (Å²) in [5.41, 5.74) is 0. The Bertz CT molecular complexity index is 101. The summed E-state index contributed by atoms with van der Waals surface area (Å²) >= 11 is 0. The third kappa shape index (κ3) is 7.10. The second kappa shape index (κ2) is 7.41. The Hall–Kier alpha value is 0. The van der Waals surface area contributed by atoms with Crippen LogP contribution in [0.15, 0.2) is 0 Å². The predicted octanol–water partition coefficient (Wildman–Crippen LogP) is 4.70. The lowest BCUT2D eigenvalue weighted by Crippen LogP contribution is -2.07. The lowest BCUT2D eigenvalue weighted by Gasteiger charge is -2.18. The Balaban J connectivity index is 3.53. The smallest absolute Gasteiger partial charge is 0.0327 e. The monoisotopic (exact) mass is 183 g/mol. The minimum Gasteiger partial charge on any atom is -0.0651 e. The van der Waals surface area contributed by atoms with Gasteiger partial charge in [0.05, 0.1) is 0 Å². The molecule has 0 saturated carbocycles. The Labute approximate surface area is 85.1 Å². The van der Waals surface area contributed by atoms with E-state index in [1.54, 1.807) is 0 Å². The molecule has 13 heavy (non-hydrogen) atoms. The van der Waals surface area contributed by atoms with Gasteiger partial charge in [-0.05, 0) is 24.2 Å². The average molecular weight is 183 g/mol. The summed E-state index contributed by atoms with van der Waals surface area (Å²) < 4.78 is 0. The van der Waals surface area contributed by atoms with E-state index in [9.17, 15) is 0 Å². The molecule has 0 aromatic rings. The molecule has 0 aromatic heterocycles. The minimum absolute atomic E-state index is 0.812. The molecule has 0 N–H and O–H groups in total. The van der Waals surface area contributed by atoms with Gasteiger partial charge >= 0.3 is 0 Å². The van der Waals surface area contributed by atoms with Gasteiger partial charge in [0.2, 0.25) is 0 Å². The Morgan fingerprint density at radius 2 is 1.46 bits per heavy atom. The molecule has 0 bridgehead atoms. The zero-order chi connectivity index (χ0) is 10.3. The topological polar surface area (TPSA) is 0 Å². The number of hydrogen-bond acceptors (Lipinski definition) is 0. The fourth-order valence-electron chi connectivity index (χ4n) is 1.72. The molecule has 0 aliphatic heterocycles. The molecule has 1 atom stereocenters. The van der Waals surface area contributed by atoms with Gasteiger partial charge in [0.15, 0.2) is 0 Å². The van der Waals surface area contributed by atoms with E-state index in [2.05, 4.69) is 41.0 Å². The highest BCUT2D eigenvalue weighted by atomic mass is 14.2. The third-order valence-corrected chi connectivity index (χ3v) is 2.85. The predicted molar refractivity (Wildman–Crippen MR) is 61.6 cm³/mol. The van der Waals surface area contributed by atoms with Crippen LogP contribution in [0.25, 0.3) is 0 Å². The molecule has 0 nitrogen and oxygen atoms in total. The first-order valence-corrected chi connectivity index (χ1v) is 5.95. The van der Waals surface area contributed by atoms with E-state index in [-0.39, 0.29) is 0 Å². The third-order valence-electron chi connectivity index (χ3n) is 2.85. The van der Waals surface area contributed by atoms with Crippen LogP contribution in [-0.4, -0.2) is 0 Å². The van der Waals surface area contributed by atoms with Crippen LogP contribution in [0, 0.1) is 24.2 Å². The maximum absolute atomic E-state index is 2.56. The van der Waals surface area contributed by atoms with Crippen LogP contribution in [0.1, 0.15) is 60.3 Å². The van der Waals surface area contributed by atoms with Gasteiger partial charge in [0.25, 0.3) is 0 Å². The Morgan fingerprint density at radius 3 is 1.85 bits per heavy atom. The van der Waals surface area contributed by atoms with Crippen molar-refractivity contribution in [2.75, 3.05) is 0 Å². The van der Waals surface area contributed by atoms with Crippen molar-refractivity contribution < 1.29 is 0 Å². The van der Waals surface area contributed by atoms with Crippen molar-refractivity contribution in [2.24, 2.45) is 17.8 Å². The molecule has 0 amide bonds. The van der Waals surface area contributed by atoms with Crippen LogP contribution in [0.2, 0.25) is 0 Å². The molecule has 1 radical (unpaired) electrons. The van der Waals surface area contributed by atoms with Gasteiger partial charge < -0.3 is 0 Å².